The van der Waals surface area contributed by atoms with Crippen LogP contribution in [-0.2, 0) is 29.2 Å². The summed E-state index contributed by atoms with van der Waals surface area (Å²) in [6, 6.07) is 46.2. The standard InChI is InChI=1S/C49H49IN6O2/c1-47(2)35-12-6-9-15-38(35)53-44(47)40-24-25-41(52-40)45-49(5,36-13-7-10-16-39(36)54-45)27-31-20-23-33-34(28-51-42(33)26-31)46-48(3,4)37-14-8-11-17-43(37)55(46)29-30-18-21-32(22-19-30)50-56(57)58/h6-26,28,44-46,51-54,56H,27,29H2,1-5H3/q-2. The summed E-state index contributed by atoms with van der Waals surface area (Å²) in [5.74, 6) is 0. The molecule has 7 aromatic rings. The van der Waals surface area contributed by atoms with Gasteiger partial charge in [-0.15, -0.1) is 0 Å². The molecule has 2 aromatic heterocycles. The average Bonchev–Trinajstić information content (AvgIpc) is 4.01. The van der Waals surface area contributed by atoms with E-state index >= 15 is 0 Å². The molecule has 58 heavy (non-hydrogen) atoms. The second-order valence-corrected chi connectivity index (χ2v) is 20.4. The number of rotatable bonds is 9. The summed E-state index contributed by atoms with van der Waals surface area (Å²) in [7, 11) is 0. The Bertz CT molecular complexity index is 2660. The first kappa shape index (κ1) is 37.2. The first-order valence-corrected chi connectivity index (χ1v) is 22.4. The predicted molar refractivity (Wildman–Crippen MR) is 230 cm³/mol. The van der Waals surface area contributed by atoms with E-state index in [-0.39, 0.29) is 34.4 Å². The number of para-hydroxylation sites is 3. The Morgan fingerprint density at radius 3 is 2.00 bits per heavy atom. The van der Waals surface area contributed by atoms with E-state index in [1.807, 2.05) is 12.1 Å². The van der Waals surface area contributed by atoms with Crippen LogP contribution in [0.15, 0.2) is 134 Å². The van der Waals surface area contributed by atoms with Gasteiger partial charge < -0.3 is 15.6 Å². The molecule has 4 atom stereocenters. The fourth-order valence-corrected chi connectivity index (χ4v) is 11.9. The molecule has 10 rings (SSSR count). The van der Waals surface area contributed by atoms with Gasteiger partial charge in [-0.2, -0.15) is 0 Å². The van der Waals surface area contributed by atoms with Crippen molar-refractivity contribution < 1.29 is 24.9 Å². The van der Waals surface area contributed by atoms with Gasteiger partial charge in [0.25, 0.3) is 0 Å². The maximum Gasteiger partial charge on any atom is -0.359 e. The molecule has 0 spiro atoms. The summed E-state index contributed by atoms with van der Waals surface area (Å²) >= 11 is -1.15. The van der Waals surface area contributed by atoms with Gasteiger partial charge in [0.1, 0.15) is 0 Å². The third kappa shape index (κ3) is 5.96. The number of anilines is 3. The van der Waals surface area contributed by atoms with Crippen LogP contribution < -0.4 is 40.5 Å². The van der Waals surface area contributed by atoms with Crippen molar-refractivity contribution in [1.82, 2.24) is 9.97 Å². The second-order valence-electron chi connectivity index (χ2n) is 17.8. The molecule has 0 aliphatic carbocycles. The van der Waals surface area contributed by atoms with Gasteiger partial charge in [-0.1, -0.05) is 57.2 Å². The molecule has 8 nitrogen and oxygen atoms in total. The van der Waals surface area contributed by atoms with E-state index in [2.05, 4.69) is 182 Å². The number of nitrogens with zero attached hydrogens (tertiary/aromatic N) is 1. The summed E-state index contributed by atoms with van der Waals surface area (Å²) in [6.07, 6.45) is 3.09. The van der Waals surface area contributed by atoms with Gasteiger partial charge in [-0.25, -0.2) is 0 Å². The normalized spacial score (nSPS) is 22.6. The molecule has 5 N–H and O–H groups in total. The number of hydrogen-bond donors (Lipinski definition) is 5. The molecule has 0 saturated carbocycles. The van der Waals surface area contributed by atoms with E-state index in [9.17, 15) is 10.4 Å². The zero-order valence-corrected chi connectivity index (χ0v) is 35.6. The number of hydrogen-bond acceptors (Lipinski definition) is 5. The first-order chi connectivity index (χ1) is 27.9. The third-order valence-corrected chi connectivity index (χ3v) is 15.3. The molecule has 3 aliphatic heterocycles. The molecule has 0 bridgehead atoms. The molecular formula is C49H49IN6O2-2. The minimum absolute atomic E-state index is 0.0556. The van der Waals surface area contributed by atoms with Crippen LogP contribution in [0.5, 0.6) is 0 Å². The van der Waals surface area contributed by atoms with Gasteiger partial charge in [-0.3, -0.25) is 0 Å². The minimum Gasteiger partial charge on any atom is -0.359 e. The maximum absolute atomic E-state index is 11.3. The SMILES string of the molecule is CC1(C)c2ccccc2NC1c1ccc(C2Nc3ccccc3C2(C)Cc2ccc3c(C4N(Cc5ccc([I-][NH+]([O-])[O-])cc5)c5ccccc5C4(C)C)c[nH]c3c2)[nH]1. The molecule has 0 saturated heterocycles. The van der Waals surface area contributed by atoms with E-state index in [0.717, 1.165) is 21.1 Å². The topological polar surface area (TPSA) is 109 Å². The number of quaternary nitrogens is 1. The number of aromatic amines is 2. The monoisotopic (exact) mass is 880 g/mol. The number of aromatic nitrogens is 2. The third-order valence-electron chi connectivity index (χ3n) is 13.5. The van der Waals surface area contributed by atoms with Crippen molar-refractivity contribution in [2.24, 2.45) is 0 Å². The summed E-state index contributed by atoms with van der Waals surface area (Å²) in [5, 5.41) is 31.6. The van der Waals surface area contributed by atoms with Crippen LogP contribution in [0.2, 0.25) is 0 Å². The molecule has 0 fully saturated rings. The van der Waals surface area contributed by atoms with Crippen LogP contribution in [-0.4, -0.2) is 9.97 Å². The van der Waals surface area contributed by atoms with Gasteiger partial charge in [-0.05, 0) is 41.8 Å². The van der Waals surface area contributed by atoms with Gasteiger partial charge >= 0.3 is 192 Å². The van der Waals surface area contributed by atoms with Gasteiger partial charge in [0.2, 0.25) is 0 Å². The van der Waals surface area contributed by atoms with Gasteiger partial charge in [0.05, 0.1) is 12.1 Å². The first-order valence-electron chi connectivity index (χ1n) is 20.2. The molecule has 0 amide bonds. The summed E-state index contributed by atoms with van der Waals surface area (Å²) in [5.41, 5.74) is 14.5. The maximum atomic E-state index is 11.3. The molecule has 5 heterocycles. The summed E-state index contributed by atoms with van der Waals surface area (Å²) in [4.78, 5) is 10.2. The Morgan fingerprint density at radius 1 is 0.655 bits per heavy atom. The molecule has 4 unspecified atom stereocenters. The number of halogens is 1. The van der Waals surface area contributed by atoms with E-state index in [1.165, 1.54) is 61.7 Å². The average molecular weight is 881 g/mol. The minimum atomic E-state index is -1.15. The van der Waals surface area contributed by atoms with Gasteiger partial charge in [0, 0.05) is 33.6 Å². The largest absolute Gasteiger partial charge is 0.359 e. The van der Waals surface area contributed by atoms with E-state index in [0.29, 0.717) is 6.54 Å². The van der Waals surface area contributed by atoms with Crippen LogP contribution in [0.3, 0.4) is 0 Å². The van der Waals surface area contributed by atoms with Crippen molar-refractivity contribution >= 4 is 28.0 Å². The van der Waals surface area contributed by atoms with E-state index in [1.54, 1.807) is 0 Å². The quantitative estimate of drug-likeness (QED) is 0.0631. The Hall–Kier alpha value is -5.07. The summed E-state index contributed by atoms with van der Waals surface area (Å²) in [6.45, 7) is 12.5. The van der Waals surface area contributed by atoms with Crippen LogP contribution in [0.25, 0.3) is 10.9 Å². The molecule has 3 aliphatic rings. The van der Waals surface area contributed by atoms with Crippen molar-refractivity contribution in [3.8, 4) is 0 Å². The molecule has 9 heteroatoms. The van der Waals surface area contributed by atoms with Crippen LogP contribution in [0.1, 0.15) is 97.5 Å². The van der Waals surface area contributed by atoms with Crippen molar-refractivity contribution in [3.05, 3.63) is 192 Å². The van der Waals surface area contributed by atoms with E-state index < -0.39 is 24.9 Å². The van der Waals surface area contributed by atoms with Gasteiger partial charge in [0.15, 0.2) is 0 Å². The van der Waals surface area contributed by atoms with Crippen molar-refractivity contribution in [2.75, 3.05) is 15.5 Å². The number of benzene rings is 5. The molecule has 0 radical (unpaired) electrons. The van der Waals surface area contributed by atoms with Crippen LogP contribution >= 0.6 is 0 Å². The van der Waals surface area contributed by atoms with Crippen LogP contribution in [0, 0.1) is 14.0 Å². The van der Waals surface area contributed by atoms with Crippen molar-refractivity contribution in [3.63, 3.8) is 0 Å². The Morgan fingerprint density at radius 2 is 1.28 bits per heavy atom. The summed E-state index contributed by atoms with van der Waals surface area (Å²) < 4.78 is -0.0920. The Labute approximate surface area is 350 Å². The molecular weight excluding hydrogens is 831 g/mol. The number of H-pyrrole nitrogens is 2. The number of nitrogens with one attached hydrogen (secondary N) is 5. The Balaban J connectivity index is 0.966. The predicted octanol–water partition coefficient (Wildman–Crippen LogP) is 6.70. The van der Waals surface area contributed by atoms with Crippen molar-refractivity contribution in [1.29, 1.82) is 0 Å². The Kier molecular flexibility index (Phi) is 8.83. The zero-order valence-electron chi connectivity index (χ0n) is 33.5. The number of fused-ring (bicyclic) bond motifs is 4. The van der Waals surface area contributed by atoms with Crippen molar-refractivity contribution in [2.45, 2.75) is 82.0 Å². The fraction of sp³-hybridized carbons (Fsp3) is 0.265. The fourth-order valence-electron chi connectivity index (χ4n) is 10.7. The molecule has 5 aromatic carbocycles. The van der Waals surface area contributed by atoms with Crippen LogP contribution in [0.4, 0.5) is 17.1 Å². The zero-order chi connectivity index (χ0) is 40.0. The smallest absolute Gasteiger partial charge is 0.359 e. The van der Waals surface area contributed by atoms with E-state index in [4.69, 9.17) is 0 Å². The molecule has 296 valence electrons. The second kappa shape index (κ2) is 13.8.